The number of hydrogen-bond donors (Lipinski definition) is 2. The topological polar surface area (TPSA) is 62.2 Å². The molecular formula is C11H16N2O2. The molecule has 1 rings (SSSR count). The molecule has 4 nitrogen and oxygen atoms in total. The first-order valence-corrected chi connectivity index (χ1v) is 5.04. The van der Waals surface area contributed by atoms with Gasteiger partial charge in [-0.1, -0.05) is 6.07 Å². The van der Waals surface area contributed by atoms with Gasteiger partial charge < -0.3 is 10.4 Å². The van der Waals surface area contributed by atoms with Crippen LogP contribution in [0.2, 0.25) is 0 Å². The highest BCUT2D eigenvalue weighted by atomic mass is 16.3. The van der Waals surface area contributed by atoms with Crippen LogP contribution < -0.4 is 5.32 Å². The lowest BCUT2D eigenvalue weighted by Gasteiger charge is -2.13. The van der Waals surface area contributed by atoms with Crippen LogP contribution in [0.15, 0.2) is 24.5 Å². The molecule has 0 aliphatic carbocycles. The van der Waals surface area contributed by atoms with Gasteiger partial charge in [0.15, 0.2) is 0 Å². The Morgan fingerprint density at radius 1 is 1.67 bits per heavy atom. The van der Waals surface area contributed by atoms with Gasteiger partial charge in [0.25, 0.3) is 0 Å². The zero-order valence-corrected chi connectivity index (χ0v) is 8.81. The van der Waals surface area contributed by atoms with E-state index in [4.69, 9.17) is 5.11 Å². The van der Waals surface area contributed by atoms with Gasteiger partial charge in [-0.3, -0.25) is 9.78 Å². The largest absolute Gasteiger partial charge is 0.396 e. The maximum absolute atomic E-state index is 11.3. The first kappa shape index (κ1) is 11.7. The van der Waals surface area contributed by atoms with Crippen LogP contribution in [0.5, 0.6) is 0 Å². The fraction of sp³-hybridized carbons (Fsp3) is 0.455. The van der Waals surface area contributed by atoms with Crippen molar-refractivity contribution >= 4 is 5.91 Å². The van der Waals surface area contributed by atoms with Gasteiger partial charge in [0.2, 0.25) is 5.91 Å². The molecule has 1 heterocycles. The van der Waals surface area contributed by atoms with Crippen LogP contribution in [0.1, 0.15) is 31.4 Å². The molecule has 0 unspecified atom stereocenters. The van der Waals surface area contributed by atoms with Crippen LogP contribution >= 0.6 is 0 Å². The van der Waals surface area contributed by atoms with Gasteiger partial charge in [-0.15, -0.1) is 0 Å². The van der Waals surface area contributed by atoms with Crippen molar-refractivity contribution in [3.63, 3.8) is 0 Å². The molecule has 0 spiro atoms. The van der Waals surface area contributed by atoms with Gasteiger partial charge in [0.1, 0.15) is 0 Å². The van der Waals surface area contributed by atoms with Crippen LogP contribution in [0.25, 0.3) is 0 Å². The molecule has 1 amide bonds. The number of nitrogens with one attached hydrogen (secondary N) is 1. The lowest BCUT2D eigenvalue weighted by molar-refractivity contribution is -0.122. The number of rotatable bonds is 5. The summed E-state index contributed by atoms with van der Waals surface area (Å²) in [7, 11) is 0. The summed E-state index contributed by atoms with van der Waals surface area (Å²) in [6.45, 7) is 1.96. The summed E-state index contributed by atoms with van der Waals surface area (Å²) in [4.78, 5) is 15.3. The Labute approximate surface area is 89.3 Å². The van der Waals surface area contributed by atoms with E-state index >= 15 is 0 Å². The predicted molar refractivity (Wildman–Crippen MR) is 57.1 cm³/mol. The highest BCUT2D eigenvalue weighted by molar-refractivity contribution is 5.76. The summed E-state index contributed by atoms with van der Waals surface area (Å²) in [5.41, 5.74) is 0.981. The van der Waals surface area contributed by atoms with Crippen LogP contribution in [0, 0.1) is 0 Å². The molecule has 1 aromatic heterocycles. The Morgan fingerprint density at radius 2 is 2.47 bits per heavy atom. The monoisotopic (exact) mass is 208 g/mol. The predicted octanol–water partition coefficient (Wildman–Crippen LogP) is 1.03. The number of aromatic nitrogens is 1. The molecule has 0 aliphatic heterocycles. The van der Waals surface area contributed by atoms with E-state index in [9.17, 15) is 4.79 Å². The maximum atomic E-state index is 11.3. The van der Waals surface area contributed by atoms with Crippen LogP contribution in [0.4, 0.5) is 0 Å². The molecule has 0 aromatic carbocycles. The molecule has 0 fully saturated rings. The van der Waals surface area contributed by atoms with E-state index in [0.717, 1.165) is 5.56 Å². The smallest absolute Gasteiger partial charge is 0.220 e. The van der Waals surface area contributed by atoms with Crippen molar-refractivity contribution in [1.29, 1.82) is 0 Å². The van der Waals surface area contributed by atoms with Crippen LogP contribution in [0.3, 0.4) is 0 Å². The fourth-order valence-electron chi connectivity index (χ4n) is 1.27. The Balaban J connectivity index is 2.42. The summed E-state index contributed by atoms with van der Waals surface area (Å²) >= 11 is 0. The van der Waals surface area contributed by atoms with E-state index in [0.29, 0.717) is 12.8 Å². The second kappa shape index (κ2) is 6.14. The number of aliphatic hydroxyl groups excluding tert-OH is 1. The molecule has 15 heavy (non-hydrogen) atoms. The highest BCUT2D eigenvalue weighted by Crippen LogP contribution is 2.09. The van der Waals surface area contributed by atoms with Gasteiger partial charge >= 0.3 is 0 Å². The summed E-state index contributed by atoms with van der Waals surface area (Å²) in [5, 5.41) is 11.4. The van der Waals surface area contributed by atoms with Crippen molar-refractivity contribution < 1.29 is 9.90 Å². The van der Waals surface area contributed by atoms with Crippen molar-refractivity contribution in [2.24, 2.45) is 0 Å². The average molecular weight is 208 g/mol. The van der Waals surface area contributed by atoms with Gasteiger partial charge in [0.05, 0.1) is 6.04 Å². The van der Waals surface area contributed by atoms with E-state index in [1.807, 2.05) is 19.1 Å². The van der Waals surface area contributed by atoms with Crippen LogP contribution in [-0.4, -0.2) is 22.6 Å². The summed E-state index contributed by atoms with van der Waals surface area (Å²) in [6.07, 6.45) is 4.30. The Kier molecular flexibility index (Phi) is 4.77. The Hall–Kier alpha value is -1.42. The molecule has 0 bridgehead atoms. The molecule has 82 valence electrons. The van der Waals surface area contributed by atoms with E-state index < -0.39 is 0 Å². The molecule has 4 heteroatoms. The van der Waals surface area contributed by atoms with Crippen molar-refractivity contribution in [2.75, 3.05) is 6.61 Å². The van der Waals surface area contributed by atoms with Gasteiger partial charge in [-0.05, 0) is 25.0 Å². The minimum absolute atomic E-state index is 0.0371. The first-order chi connectivity index (χ1) is 7.24. The van der Waals surface area contributed by atoms with Gasteiger partial charge in [0, 0.05) is 25.4 Å². The highest BCUT2D eigenvalue weighted by Gasteiger charge is 2.08. The molecule has 1 aromatic rings. The molecular weight excluding hydrogens is 192 g/mol. The molecule has 0 radical (unpaired) electrons. The van der Waals surface area contributed by atoms with Crippen molar-refractivity contribution in [3.8, 4) is 0 Å². The lowest BCUT2D eigenvalue weighted by atomic mass is 10.1. The van der Waals surface area contributed by atoms with E-state index in [1.54, 1.807) is 12.4 Å². The summed E-state index contributed by atoms with van der Waals surface area (Å²) in [5.74, 6) is -0.0413. The molecule has 0 saturated heterocycles. The molecule has 0 saturated carbocycles. The standard InChI is InChI=1S/C11H16N2O2/c1-9(10-4-2-6-12-8-10)13-11(15)5-3-7-14/h2,4,6,8-9,14H,3,5,7H2,1H3,(H,13,15)/t9-/m0/s1. The second-order valence-corrected chi connectivity index (χ2v) is 3.40. The average Bonchev–Trinajstić information content (AvgIpc) is 2.27. The van der Waals surface area contributed by atoms with Crippen molar-refractivity contribution in [2.45, 2.75) is 25.8 Å². The van der Waals surface area contributed by atoms with E-state index in [-0.39, 0.29) is 18.6 Å². The third-order valence-electron chi connectivity index (χ3n) is 2.12. The number of hydrogen-bond acceptors (Lipinski definition) is 3. The maximum Gasteiger partial charge on any atom is 0.220 e. The quantitative estimate of drug-likeness (QED) is 0.759. The SMILES string of the molecule is C[C@H](NC(=O)CCCO)c1cccnc1. The zero-order valence-electron chi connectivity index (χ0n) is 8.81. The minimum Gasteiger partial charge on any atom is -0.396 e. The van der Waals surface area contributed by atoms with Crippen molar-refractivity contribution in [1.82, 2.24) is 10.3 Å². The van der Waals surface area contributed by atoms with E-state index in [1.165, 1.54) is 0 Å². The fourth-order valence-corrected chi connectivity index (χ4v) is 1.27. The molecule has 1 atom stereocenters. The number of carbonyl (C=O) groups excluding carboxylic acids is 1. The Bertz CT molecular complexity index is 301. The summed E-state index contributed by atoms with van der Waals surface area (Å²) < 4.78 is 0. The normalized spacial score (nSPS) is 12.1. The van der Waals surface area contributed by atoms with Gasteiger partial charge in [-0.25, -0.2) is 0 Å². The number of nitrogens with zero attached hydrogens (tertiary/aromatic N) is 1. The third kappa shape index (κ3) is 4.08. The van der Waals surface area contributed by atoms with Crippen LogP contribution in [-0.2, 0) is 4.79 Å². The number of carbonyl (C=O) groups is 1. The Morgan fingerprint density at radius 3 is 3.07 bits per heavy atom. The van der Waals surface area contributed by atoms with Crippen molar-refractivity contribution in [3.05, 3.63) is 30.1 Å². The second-order valence-electron chi connectivity index (χ2n) is 3.40. The first-order valence-electron chi connectivity index (χ1n) is 5.04. The third-order valence-corrected chi connectivity index (χ3v) is 2.12. The zero-order chi connectivity index (χ0) is 11.1. The number of amides is 1. The number of aliphatic hydroxyl groups is 1. The van der Waals surface area contributed by atoms with Gasteiger partial charge in [-0.2, -0.15) is 0 Å². The number of pyridine rings is 1. The molecule has 0 aliphatic rings. The lowest BCUT2D eigenvalue weighted by Crippen LogP contribution is -2.26. The summed E-state index contributed by atoms with van der Waals surface area (Å²) in [6, 6.07) is 3.72. The minimum atomic E-state index is -0.0413. The van der Waals surface area contributed by atoms with E-state index in [2.05, 4.69) is 10.3 Å². The molecule has 2 N–H and O–H groups in total.